The average molecular weight is 414 g/mol. The van der Waals surface area contributed by atoms with Gasteiger partial charge in [-0.3, -0.25) is 9.98 Å². The Morgan fingerprint density at radius 1 is 1.27 bits per heavy atom. The highest BCUT2D eigenvalue weighted by Crippen LogP contribution is 2.19. The average Bonchev–Trinajstić information content (AvgIpc) is 2.52. The highest BCUT2D eigenvalue weighted by atomic mass is 127. The van der Waals surface area contributed by atoms with E-state index in [0.29, 0.717) is 6.54 Å². The van der Waals surface area contributed by atoms with Crippen LogP contribution in [-0.2, 0) is 6.54 Å². The number of aliphatic imine (C=N–C) groups is 1. The standard InChI is InChI=1S/C17H26N4.HI/c1-14-7-6-10-16(21-14)13-20-17(18-2)19-12-11-15-8-4-3-5-9-15;/h6-8,10H,3-5,9,11-13H2,1-2H3,(H2,18,19,20);1H. The number of aryl methyl sites for hydroxylation is 1. The molecule has 1 aromatic rings. The highest BCUT2D eigenvalue weighted by molar-refractivity contribution is 14.0. The summed E-state index contributed by atoms with van der Waals surface area (Å²) >= 11 is 0. The molecule has 1 aromatic heterocycles. The molecule has 122 valence electrons. The number of hydrogen-bond acceptors (Lipinski definition) is 2. The number of nitrogens with one attached hydrogen (secondary N) is 2. The quantitative estimate of drug-likeness (QED) is 0.335. The number of allylic oxidation sites excluding steroid dienone is 1. The van der Waals surface area contributed by atoms with Crippen molar-refractivity contribution in [2.45, 2.75) is 45.6 Å². The number of pyridine rings is 1. The van der Waals surface area contributed by atoms with Gasteiger partial charge < -0.3 is 10.6 Å². The van der Waals surface area contributed by atoms with Crippen LogP contribution in [0.15, 0.2) is 34.8 Å². The highest BCUT2D eigenvalue weighted by Gasteiger charge is 2.04. The van der Waals surface area contributed by atoms with Gasteiger partial charge in [0.2, 0.25) is 0 Å². The summed E-state index contributed by atoms with van der Waals surface area (Å²) in [5, 5.41) is 6.68. The molecule has 22 heavy (non-hydrogen) atoms. The monoisotopic (exact) mass is 414 g/mol. The van der Waals surface area contributed by atoms with Crippen molar-refractivity contribution in [2.24, 2.45) is 4.99 Å². The van der Waals surface area contributed by atoms with Crippen LogP contribution in [-0.4, -0.2) is 24.5 Å². The lowest BCUT2D eigenvalue weighted by Gasteiger charge is -2.15. The van der Waals surface area contributed by atoms with Gasteiger partial charge in [-0.2, -0.15) is 0 Å². The van der Waals surface area contributed by atoms with Crippen LogP contribution < -0.4 is 10.6 Å². The first-order valence-corrected chi connectivity index (χ1v) is 7.83. The van der Waals surface area contributed by atoms with Crippen LogP contribution in [0.5, 0.6) is 0 Å². The van der Waals surface area contributed by atoms with Gasteiger partial charge in [0.1, 0.15) is 0 Å². The van der Waals surface area contributed by atoms with Crippen LogP contribution in [0, 0.1) is 6.92 Å². The van der Waals surface area contributed by atoms with E-state index in [9.17, 15) is 0 Å². The summed E-state index contributed by atoms with van der Waals surface area (Å²) < 4.78 is 0. The van der Waals surface area contributed by atoms with Gasteiger partial charge in [0.05, 0.1) is 12.2 Å². The van der Waals surface area contributed by atoms with Gasteiger partial charge in [0.25, 0.3) is 0 Å². The molecule has 1 aliphatic rings. The van der Waals surface area contributed by atoms with Gasteiger partial charge in [0, 0.05) is 19.3 Å². The molecule has 0 aliphatic heterocycles. The van der Waals surface area contributed by atoms with E-state index in [1.807, 2.05) is 25.1 Å². The Labute approximate surface area is 150 Å². The summed E-state index contributed by atoms with van der Waals surface area (Å²) in [4.78, 5) is 8.73. The Kier molecular flexibility index (Phi) is 9.11. The molecule has 0 unspecified atom stereocenters. The normalized spacial score (nSPS) is 14.8. The number of rotatable bonds is 5. The van der Waals surface area contributed by atoms with Crippen LogP contribution in [0.1, 0.15) is 43.5 Å². The fraction of sp³-hybridized carbons (Fsp3) is 0.529. The molecule has 0 amide bonds. The van der Waals surface area contributed by atoms with Crippen molar-refractivity contribution in [1.82, 2.24) is 15.6 Å². The molecule has 4 nitrogen and oxygen atoms in total. The predicted molar refractivity (Wildman–Crippen MR) is 104 cm³/mol. The predicted octanol–water partition coefficient (Wildman–Crippen LogP) is 3.56. The van der Waals surface area contributed by atoms with Gasteiger partial charge in [-0.05, 0) is 51.2 Å². The number of aromatic nitrogens is 1. The number of halogens is 1. The van der Waals surface area contributed by atoms with Crippen molar-refractivity contribution in [1.29, 1.82) is 0 Å². The molecule has 2 N–H and O–H groups in total. The fourth-order valence-electron chi connectivity index (χ4n) is 2.57. The lowest BCUT2D eigenvalue weighted by atomic mass is 9.97. The van der Waals surface area contributed by atoms with E-state index in [1.165, 1.54) is 25.7 Å². The Hall–Kier alpha value is -1.11. The number of nitrogens with zero attached hydrogens (tertiary/aromatic N) is 2. The van der Waals surface area contributed by atoms with Crippen LogP contribution in [0.3, 0.4) is 0 Å². The molecule has 0 saturated heterocycles. The van der Waals surface area contributed by atoms with Crippen molar-refractivity contribution in [3.05, 3.63) is 41.2 Å². The van der Waals surface area contributed by atoms with E-state index in [-0.39, 0.29) is 24.0 Å². The van der Waals surface area contributed by atoms with Crippen molar-refractivity contribution in [2.75, 3.05) is 13.6 Å². The zero-order valence-corrected chi connectivity index (χ0v) is 15.9. The van der Waals surface area contributed by atoms with Gasteiger partial charge >= 0.3 is 0 Å². The van der Waals surface area contributed by atoms with Crippen LogP contribution >= 0.6 is 24.0 Å². The van der Waals surface area contributed by atoms with Crippen molar-refractivity contribution < 1.29 is 0 Å². The zero-order chi connectivity index (χ0) is 14.9. The third kappa shape index (κ3) is 6.77. The topological polar surface area (TPSA) is 49.3 Å². The number of hydrogen-bond donors (Lipinski definition) is 2. The van der Waals surface area contributed by atoms with Gasteiger partial charge in [-0.25, -0.2) is 0 Å². The van der Waals surface area contributed by atoms with Crippen LogP contribution in [0.2, 0.25) is 0 Å². The van der Waals surface area contributed by atoms with Gasteiger partial charge in [-0.1, -0.05) is 17.7 Å². The van der Waals surface area contributed by atoms with Gasteiger partial charge in [0.15, 0.2) is 5.96 Å². The second-order valence-electron chi connectivity index (χ2n) is 5.48. The largest absolute Gasteiger partial charge is 0.356 e. The van der Waals surface area contributed by atoms with Crippen LogP contribution in [0.4, 0.5) is 0 Å². The molecule has 0 radical (unpaired) electrons. The molecule has 1 aliphatic carbocycles. The second-order valence-corrected chi connectivity index (χ2v) is 5.48. The first-order chi connectivity index (χ1) is 10.3. The minimum atomic E-state index is 0. The van der Waals surface area contributed by atoms with Gasteiger partial charge in [-0.15, -0.1) is 24.0 Å². The molecule has 2 rings (SSSR count). The lowest BCUT2D eigenvalue weighted by molar-refractivity contribution is 0.665. The van der Waals surface area contributed by atoms with Crippen molar-refractivity contribution >= 4 is 29.9 Å². The molecule has 0 aromatic carbocycles. The third-order valence-corrected chi connectivity index (χ3v) is 3.73. The molecule has 0 spiro atoms. The first-order valence-electron chi connectivity index (χ1n) is 7.83. The molecule has 0 saturated carbocycles. The summed E-state index contributed by atoms with van der Waals surface area (Å²) in [6.07, 6.45) is 8.73. The van der Waals surface area contributed by atoms with E-state index in [2.05, 4.69) is 26.7 Å². The van der Waals surface area contributed by atoms with E-state index >= 15 is 0 Å². The molecular weight excluding hydrogens is 387 g/mol. The summed E-state index contributed by atoms with van der Waals surface area (Å²) in [5.41, 5.74) is 3.67. The van der Waals surface area contributed by atoms with Crippen molar-refractivity contribution in [3.8, 4) is 0 Å². The van der Waals surface area contributed by atoms with E-state index in [1.54, 1.807) is 12.6 Å². The Morgan fingerprint density at radius 3 is 2.82 bits per heavy atom. The first kappa shape index (κ1) is 18.9. The Bertz CT molecular complexity index is 511. The molecule has 0 bridgehead atoms. The maximum atomic E-state index is 4.48. The summed E-state index contributed by atoms with van der Waals surface area (Å²) in [7, 11) is 1.80. The van der Waals surface area contributed by atoms with E-state index in [4.69, 9.17) is 0 Å². The Balaban J connectivity index is 0.00000242. The summed E-state index contributed by atoms with van der Waals surface area (Å²) in [5.74, 6) is 0.842. The molecule has 0 fully saturated rings. The summed E-state index contributed by atoms with van der Waals surface area (Å²) in [6, 6.07) is 6.07. The maximum absolute atomic E-state index is 4.48. The SMILES string of the molecule is CN=C(NCCC1=CCCCC1)NCc1cccc(C)n1.I. The molecule has 5 heteroatoms. The Morgan fingerprint density at radius 2 is 2.14 bits per heavy atom. The van der Waals surface area contributed by atoms with Crippen molar-refractivity contribution in [3.63, 3.8) is 0 Å². The minimum Gasteiger partial charge on any atom is -0.356 e. The fourth-order valence-corrected chi connectivity index (χ4v) is 2.57. The molecule has 1 heterocycles. The van der Waals surface area contributed by atoms with E-state index < -0.39 is 0 Å². The molecule has 0 atom stereocenters. The lowest BCUT2D eigenvalue weighted by Crippen LogP contribution is -2.37. The van der Waals surface area contributed by atoms with Crippen LogP contribution in [0.25, 0.3) is 0 Å². The third-order valence-electron chi connectivity index (χ3n) is 3.73. The maximum Gasteiger partial charge on any atom is 0.191 e. The number of guanidine groups is 1. The van der Waals surface area contributed by atoms with E-state index in [0.717, 1.165) is 30.3 Å². The summed E-state index contributed by atoms with van der Waals surface area (Å²) in [6.45, 7) is 3.64. The zero-order valence-electron chi connectivity index (χ0n) is 13.6. The second kappa shape index (κ2) is 10.6. The molecular formula is C17H27IN4. The minimum absolute atomic E-state index is 0. The smallest absolute Gasteiger partial charge is 0.191 e.